The van der Waals surface area contributed by atoms with Crippen LogP contribution in [0.5, 0.6) is 0 Å². The molecule has 1 aromatic rings. The molecule has 1 aromatic heterocycles. The summed E-state index contributed by atoms with van der Waals surface area (Å²) in [6.07, 6.45) is 4.79. The Bertz CT molecular complexity index is 377. The lowest BCUT2D eigenvalue weighted by atomic mass is 9.69. The van der Waals surface area contributed by atoms with Gasteiger partial charge in [0, 0.05) is 29.9 Å². The van der Waals surface area contributed by atoms with Gasteiger partial charge in [0.15, 0.2) is 0 Å². The molecule has 2 N–H and O–H groups in total. The van der Waals surface area contributed by atoms with E-state index >= 15 is 0 Å². The van der Waals surface area contributed by atoms with Crippen LogP contribution in [-0.4, -0.2) is 35.5 Å². The first-order valence-electron chi connectivity index (χ1n) is 6.52. The molecule has 1 fully saturated rings. The lowest BCUT2D eigenvalue weighted by Gasteiger charge is -2.54. The van der Waals surface area contributed by atoms with Crippen molar-refractivity contribution in [3.8, 4) is 0 Å². The van der Waals surface area contributed by atoms with Gasteiger partial charge in [0.2, 0.25) is 0 Å². The van der Waals surface area contributed by atoms with E-state index in [4.69, 9.17) is 10.2 Å². The molecular formula is C14H24N2OS. The molecule has 0 aliphatic carbocycles. The highest BCUT2D eigenvalue weighted by Gasteiger charge is 2.48. The van der Waals surface area contributed by atoms with Crippen LogP contribution >= 0.6 is 11.8 Å². The molecule has 3 nitrogen and oxygen atoms in total. The monoisotopic (exact) mass is 268 g/mol. The van der Waals surface area contributed by atoms with Gasteiger partial charge >= 0.3 is 0 Å². The fraction of sp³-hybridized carbons (Fsp3) is 0.714. The van der Waals surface area contributed by atoms with Crippen molar-refractivity contribution in [2.75, 3.05) is 25.1 Å². The van der Waals surface area contributed by atoms with E-state index in [1.807, 2.05) is 24.1 Å². The third-order valence-corrected chi connectivity index (χ3v) is 5.71. The Balaban J connectivity index is 2.20. The third-order valence-electron chi connectivity index (χ3n) is 4.54. The Morgan fingerprint density at radius 1 is 1.50 bits per heavy atom. The second-order valence-electron chi connectivity index (χ2n) is 5.91. The van der Waals surface area contributed by atoms with Crippen molar-refractivity contribution in [3.63, 3.8) is 0 Å². The standard InChI is InChI=1S/C14H24N2OS/c1-13(2)5-7-18-11-14(13,10-15)16(3)8-12-4-6-17-9-12/h4,6,9H,5,7-8,10-11,15H2,1-3H3. The second-order valence-corrected chi connectivity index (χ2v) is 7.02. The summed E-state index contributed by atoms with van der Waals surface area (Å²) in [4.78, 5) is 2.42. The van der Waals surface area contributed by atoms with E-state index in [1.54, 1.807) is 6.26 Å². The second kappa shape index (κ2) is 5.27. The molecule has 1 aliphatic heterocycles. The normalized spacial score (nSPS) is 27.6. The molecule has 0 spiro atoms. The zero-order valence-corrected chi connectivity index (χ0v) is 12.4. The molecule has 0 amide bonds. The SMILES string of the molecule is CN(Cc1ccoc1)C1(CN)CSCCC1(C)C. The van der Waals surface area contributed by atoms with Crippen molar-refractivity contribution < 1.29 is 4.42 Å². The molecule has 1 unspecified atom stereocenters. The quantitative estimate of drug-likeness (QED) is 0.911. The highest BCUT2D eigenvalue weighted by Crippen LogP contribution is 2.45. The van der Waals surface area contributed by atoms with E-state index < -0.39 is 0 Å². The average molecular weight is 268 g/mol. The van der Waals surface area contributed by atoms with Crippen molar-refractivity contribution in [1.29, 1.82) is 0 Å². The molecule has 1 aliphatic rings. The van der Waals surface area contributed by atoms with Gasteiger partial charge in [0.05, 0.1) is 12.5 Å². The summed E-state index contributed by atoms with van der Waals surface area (Å²) < 4.78 is 5.16. The number of hydrogen-bond donors (Lipinski definition) is 1. The van der Waals surface area contributed by atoms with E-state index in [9.17, 15) is 0 Å². The zero-order chi connectivity index (χ0) is 13.2. The number of rotatable bonds is 4. The summed E-state index contributed by atoms with van der Waals surface area (Å²) in [6.45, 7) is 6.32. The highest BCUT2D eigenvalue weighted by molar-refractivity contribution is 7.99. The molecular weight excluding hydrogens is 244 g/mol. The van der Waals surface area contributed by atoms with E-state index in [-0.39, 0.29) is 11.0 Å². The molecule has 2 rings (SSSR count). The molecule has 18 heavy (non-hydrogen) atoms. The zero-order valence-electron chi connectivity index (χ0n) is 11.6. The van der Waals surface area contributed by atoms with Crippen LogP contribution in [-0.2, 0) is 6.54 Å². The average Bonchev–Trinajstić information content (AvgIpc) is 2.81. The lowest BCUT2D eigenvalue weighted by molar-refractivity contribution is 0.0147. The Kier molecular flexibility index (Phi) is 4.09. The molecule has 0 saturated carbocycles. The van der Waals surface area contributed by atoms with Gasteiger partial charge in [-0.15, -0.1) is 0 Å². The fourth-order valence-corrected chi connectivity index (χ4v) is 4.79. The van der Waals surface area contributed by atoms with Crippen molar-refractivity contribution in [2.45, 2.75) is 32.4 Å². The van der Waals surface area contributed by atoms with E-state index in [0.717, 1.165) is 12.3 Å². The predicted octanol–water partition coefficient (Wildman–Crippen LogP) is 2.57. The summed E-state index contributed by atoms with van der Waals surface area (Å²) in [6, 6.07) is 2.03. The Labute approximate surface area is 114 Å². The maximum atomic E-state index is 6.17. The third kappa shape index (κ3) is 2.33. The predicted molar refractivity (Wildman–Crippen MR) is 77.7 cm³/mol. The lowest BCUT2D eigenvalue weighted by Crippen LogP contribution is -2.64. The molecule has 0 aromatic carbocycles. The van der Waals surface area contributed by atoms with Crippen molar-refractivity contribution in [3.05, 3.63) is 24.2 Å². The Hall–Kier alpha value is -0.450. The molecule has 0 bridgehead atoms. The summed E-state index contributed by atoms with van der Waals surface area (Å²) in [5.41, 5.74) is 7.72. The number of furan rings is 1. The highest BCUT2D eigenvalue weighted by atomic mass is 32.2. The van der Waals surface area contributed by atoms with Crippen LogP contribution in [0.25, 0.3) is 0 Å². The van der Waals surface area contributed by atoms with Crippen LogP contribution in [0.2, 0.25) is 0 Å². The van der Waals surface area contributed by atoms with Gasteiger partial charge in [0.25, 0.3) is 0 Å². The number of nitrogens with zero attached hydrogens (tertiary/aromatic N) is 1. The van der Waals surface area contributed by atoms with Gasteiger partial charge in [-0.1, -0.05) is 13.8 Å². The van der Waals surface area contributed by atoms with Crippen LogP contribution in [0, 0.1) is 5.41 Å². The summed E-state index contributed by atoms with van der Waals surface area (Å²) in [5.74, 6) is 2.36. The van der Waals surface area contributed by atoms with Crippen molar-refractivity contribution >= 4 is 11.8 Å². The maximum absolute atomic E-state index is 6.17. The number of nitrogens with two attached hydrogens (primary N) is 1. The Morgan fingerprint density at radius 2 is 2.28 bits per heavy atom. The summed E-state index contributed by atoms with van der Waals surface area (Å²) >= 11 is 2.02. The van der Waals surface area contributed by atoms with Crippen LogP contribution in [0.4, 0.5) is 0 Å². The molecule has 1 saturated heterocycles. The van der Waals surface area contributed by atoms with Gasteiger partial charge in [-0.2, -0.15) is 11.8 Å². The van der Waals surface area contributed by atoms with Gasteiger partial charge < -0.3 is 10.2 Å². The van der Waals surface area contributed by atoms with Crippen LogP contribution in [0.1, 0.15) is 25.8 Å². The molecule has 2 heterocycles. The fourth-order valence-electron chi connectivity index (χ4n) is 2.92. The van der Waals surface area contributed by atoms with Gasteiger partial charge in [-0.25, -0.2) is 0 Å². The van der Waals surface area contributed by atoms with Crippen LogP contribution in [0.3, 0.4) is 0 Å². The largest absolute Gasteiger partial charge is 0.472 e. The number of thioether (sulfide) groups is 1. The number of hydrogen-bond acceptors (Lipinski definition) is 4. The van der Waals surface area contributed by atoms with Crippen molar-refractivity contribution in [1.82, 2.24) is 4.90 Å². The van der Waals surface area contributed by atoms with Gasteiger partial charge in [-0.3, -0.25) is 4.90 Å². The van der Waals surface area contributed by atoms with Crippen LogP contribution in [0.15, 0.2) is 23.0 Å². The number of likely N-dealkylation sites (N-methyl/N-ethyl adjacent to an activating group) is 1. The first-order chi connectivity index (χ1) is 8.52. The van der Waals surface area contributed by atoms with Gasteiger partial charge in [-0.05, 0) is 30.7 Å². The topological polar surface area (TPSA) is 42.4 Å². The van der Waals surface area contributed by atoms with Crippen LogP contribution < -0.4 is 5.73 Å². The molecule has 4 heteroatoms. The minimum Gasteiger partial charge on any atom is -0.472 e. The Morgan fingerprint density at radius 3 is 2.83 bits per heavy atom. The van der Waals surface area contributed by atoms with E-state index in [1.165, 1.54) is 17.7 Å². The molecule has 102 valence electrons. The molecule has 1 atom stereocenters. The minimum atomic E-state index is 0.0766. The first kappa shape index (κ1) is 14.0. The van der Waals surface area contributed by atoms with E-state index in [2.05, 4.69) is 25.8 Å². The summed E-state index contributed by atoms with van der Waals surface area (Å²) in [7, 11) is 2.19. The van der Waals surface area contributed by atoms with Gasteiger partial charge in [0.1, 0.15) is 0 Å². The smallest absolute Gasteiger partial charge is 0.0947 e. The minimum absolute atomic E-state index is 0.0766. The summed E-state index contributed by atoms with van der Waals surface area (Å²) in [5, 5.41) is 0. The maximum Gasteiger partial charge on any atom is 0.0947 e. The van der Waals surface area contributed by atoms with Crippen molar-refractivity contribution in [2.24, 2.45) is 11.1 Å². The van der Waals surface area contributed by atoms with E-state index in [0.29, 0.717) is 6.54 Å². The first-order valence-corrected chi connectivity index (χ1v) is 7.67. The molecule has 0 radical (unpaired) electrons.